The summed E-state index contributed by atoms with van der Waals surface area (Å²) in [6.07, 6.45) is 1.90. The Bertz CT molecular complexity index is 1120. The number of nitrogens with zero attached hydrogens (tertiary/aromatic N) is 1. The zero-order valence-corrected chi connectivity index (χ0v) is 17.4. The van der Waals surface area contributed by atoms with Gasteiger partial charge in [0.15, 0.2) is 0 Å². The third-order valence-electron chi connectivity index (χ3n) is 6.16. The molecule has 2 aliphatic heterocycles. The van der Waals surface area contributed by atoms with E-state index >= 15 is 0 Å². The van der Waals surface area contributed by atoms with Crippen LogP contribution in [-0.2, 0) is 19.4 Å². The fourth-order valence-electron chi connectivity index (χ4n) is 4.52. The molecule has 3 aromatic carbocycles. The maximum atomic E-state index is 13.4. The van der Waals surface area contributed by atoms with Gasteiger partial charge in [-0.25, -0.2) is 0 Å². The van der Waals surface area contributed by atoms with Crippen molar-refractivity contribution in [1.29, 1.82) is 0 Å². The number of amides is 1. The summed E-state index contributed by atoms with van der Waals surface area (Å²) in [5, 5.41) is 3.50. The van der Waals surface area contributed by atoms with E-state index in [9.17, 15) is 4.79 Å². The number of carbonyl (C=O) groups excluding carboxylic acids is 1. The van der Waals surface area contributed by atoms with Crippen molar-refractivity contribution in [3.8, 4) is 5.75 Å². The number of para-hydroxylation sites is 1. The zero-order chi connectivity index (χ0) is 20.7. The molecular weight excluding hydrogens is 372 g/mol. The van der Waals surface area contributed by atoms with E-state index in [2.05, 4.69) is 42.6 Å². The molecule has 0 radical (unpaired) electrons. The fraction of sp³-hybridized carbons (Fsp3) is 0.269. The minimum Gasteiger partial charge on any atom is -0.489 e. The molecule has 2 aliphatic rings. The number of hydrogen-bond donors (Lipinski definition) is 1. The predicted molar refractivity (Wildman–Crippen MR) is 121 cm³/mol. The highest BCUT2D eigenvalue weighted by Crippen LogP contribution is 2.38. The number of benzene rings is 3. The summed E-state index contributed by atoms with van der Waals surface area (Å²) < 4.78 is 6.15. The standard InChI is InChI=1S/C26H26N2O2/c1-3-18-7-6-8-19(12-18)16-30-25-14-23-22(11-17(25)2)26(29)28-21(15-27-23)13-20-9-4-5-10-24(20)28/h4-12,14,21,27H,3,13,15-16H2,1-2H3/t21-/m0/s1. The van der Waals surface area contributed by atoms with Crippen LogP contribution >= 0.6 is 0 Å². The topological polar surface area (TPSA) is 41.6 Å². The summed E-state index contributed by atoms with van der Waals surface area (Å²) in [4.78, 5) is 15.4. The van der Waals surface area contributed by atoms with E-state index in [1.54, 1.807) is 0 Å². The number of hydrogen-bond acceptors (Lipinski definition) is 3. The van der Waals surface area contributed by atoms with Crippen LogP contribution in [0.15, 0.2) is 60.7 Å². The third-order valence-corrected chi connectivity index (χ3v) is 6.16. The second kappa shape index (κ2) is 7.52. The van der Waals surface area contributed by atoms with E-state index in [4.69, 9.17) is 4.74 Å². The number of nitrogens with one attached hydrogen (secondary N) is 1. The molecule has 4 nitrogen and oxygen atoms in total. The Kier molecular flexibility index (Phi) is 4.70. The van der Waals surface area contributed by atoms with Crippen LogP contribution < -0.4 is 15.0 Å². The maximum absolute atomic E-state index is 13.4. The van der Waals surface area contributed by atoms with Crippen molar-refractivity contribution < 1.29 is 9.53 Å². The average molecular weight is 399 g/mol. The first kappa shape index (κ1) is 18.7. The summed E-state index contributed by atoms with van der Waals surface area (Å²) in [5.41, 5.74) is 7.29. The minimum atomic E-state index is 0.0650. The summed E-state index contributed by atoms with van der Waals surface area (Å²) in [7, 11) is 0. The Morgan fingerprint density at radius 1 is 1.07 bits per heavy atom. The molecule has 30 heavy (non-hydrogen) atoms. The number of rotatable bonds is 4. The van der Waals surface area contributed by atoms with Crippen molar-refractivity contribution in [1.82, 2.24) is 0 Å². The van der Waals surface area contributed by atoms with Crippen molar-refractivity contribution in [3.63, 3.8) is 0 Å². The van der Waals surface area contributed by atoms with Gasteiger partial charge in [-0.2, -0.15) is 0 Å². The third kappa shape index (κ3) is 3.22. The lowest BCUT2D eigenvalue weighted by atomic mass is 10.1. The first-order chi connectivity index (χ1) is 14.6. The molecule has 3 aromatic rings. The number of ether oxygens (including phenoxy) is 1. The molecular formula is C26H26N2O2. The fourth-order valence-corrected chi connectivity index (χ4v) is 4.52. The molecule has 0 aliphatic carbocycles. The summed E-state index contributed by atoms with van der Waals surface area (Å²) in [6.45, 7) is 5.41. The second-order valence-corrected chi connectivity index (χ2v) is 8.17. The molecule has 0 fully saturated rings. The van der Waals surface area contributed by atoms with Gasteiger partial charge in [-0.05, 0) is 54.2 Å². The molecule has 0 bridgehead atoms. The number of anilines is 2. The highest BCUT2D eigenvalue weighted by Gasteiger charge is 2.37. The van der Waals surface area contributed by atoms with Gasteiger partial charge in [-0.3, -0.25) is 4.79 Å². The van der Waals surface area contributed by atoms with Gasteiger partial charge in [-0.15, -0.1) is 0 Å². The molecule has 0 aromatic heterocycles. The molecule has 152 valence electrons. The van der Waals surface area contributed by atoms with E-state index in [0.29, 0.717) is 12.2 Å². The van der Waals surface area contributed by atoms with E-state index in [-0.39, 0.29) is 11.9 Å². The van der Waals surface area contributed by atoms with E-state index in [1.807, 2.05) is 42.2 Å². The monoisotopic (exact) mass is 398 g/mol. The number of aryl methyl sites for hydroxylation is 2. The van der Waals surface area contributed by atoms with Gasteiger partial charge >= 0.3 is 0 Å². The second-order valence-electron chi connectivity index (χ2n) is 8.17. The zero-order valence-electron chi connectivity index (χ0n) is 17.4. The average Bonchev–Trinajstić information content (AvgIpc) is 3.09. The molecule has 0 saturated carbocycles. The molecule has 0 unspecified atom stereocenters. The van der Waals surface area contributed by atoms with Gasteiger partial charge in [0.1, 0.15) is 12.4 Å². The largest absolute Gasteiger partial charge is 0.489 e. The van der Waals surface area contributed by atoms with E-state index in [1.165, 1.54) is 11.1 Å². The van der Waals surface area contributed by atoms with Crippen molar-refractivity contribution in [3.05, 3.63) is 88.5 Å². The van der Waals surface area contributed by atoms with Gasteiger partial charge in [0.2, 0.25) is 0 Å². The van der Waals surface area contributed by atoms with Gasteiger partial charge in [0.05, 0.1) is 17.3 Å². The van der Waals surface area contributed by atoms with Crippen LogP contribution in [0, 0.1) is 6.92 Å². The Hall–Kier alpha value is -3.27. The van der Waals surface area contributed by atoms with Gasteiger partial charge in [0, 0.05) is 18.3 Å². The lowest BCUT2D eigenvalue weighted by Crippen LogP contribution is -2.39. The first-order valence-corrected chi connectivity index (χ1v) is 10.6. The quantitative estimate of drug-likeness (QED) is 0.662. The molecule has 0 spiro atoms. The van der Waals surface area contributed by atoms with Crippen molar-refractivity contribution in [2.75, 3.05) is 16.8 Å². The smallest absolute Gasteiger partial charge is 0.260 e. The highest BCUT2D eigenvalue weighted by molar-refractivity contribution is 6.12. The molecule has 0 saturated heterocycles. The number of fused-ring (bicyclic) bond motifs is 4. The van der Waals surface area contributed by atoms with Crippen LogP contribution in [0.25, 0.3) is 0 Å². The summed E-state index contributed by atoms with van der Waals surface area (Å²) >= 11 is 0. The molecule has 5 rings (SSSR count). The summed E-state index contributed by atoms with van der Waals surface area (Å²) in [5.74, 6) is 0.883. The maximum Gasteiger partial charge on any atom is 0.260 e. The van der Waals surface area contributed by atoms with E-state index < -0.39 is 0 Å². The van der Waals surface area contributed by atoms with Crippen LogP contribution in [0.2, 0.25) is 0 Å². The Morgan fingerprint density at radius 2 is 1.90 bits per heavy atom. The van der Waals surface area contributed by atoms with Gasteiger partial charge in [0.25, 0.3) is 5.91 Å². The predicted octanol–water partition coefficient (Wildman–Crippen LogP) is 5.13. The number of carbonyl (C=O) groups is 1. The van der Waals surface area contributed by atoms with Crippen molar-refractivity contribution >= 4 is 17.3 Å². The molecule has 4 heteroatoms. The SMILES string of the molecule is CCc1cccc(COc2cc3c(cc2C)C(=O)N2c4ccccc4C[C@H]2CN3)c1. The lowest BCUT2D eigenvalue weighted by molar-refractivity contribution is 0.0983. The first-order valence-electron chi connectivity index (χ1n) is 10.6. The molecule has 2 heterocycles. The molecule has 1 amide bonds. The Morgan fingerprint density at radius 3 is 2.77 bits per heavy atom. The molecule has 1 N–H and O–H groups in total. The van der Waals surface area contributed by atoms with Crippen LogP contribution in [0.3, 0.4) is 0 Å². The van der Waals surface area contributed by atoms with Crippen LogP contribution in [0.5, 0.6) is 5.75 Å². The lowest BCUT2D eigenvalue weighted by Gasteiger charge is -2.22. The molecule has 1 atom stereocenters. The Labute approximate surface area is 177 Å². The Balaban J connectivity index is 1.42. The van der Waals surface area contributed by atoms with Crippen LogP contribution in [0.1, 0.15) is 39.5 Å². The minimum absolute atomic E-state index is 0.0650. The van der Waals surface area contributed by atoms with Crippen LogP contribution in [0.4, 0.5) is 11.4 Å². The van der Waals surface area contributed by atoms with Gasteiger partial charge < -0.3 is 15.0 Å². The van der Waals surface area contributed by atoms with Crippen molar-refractivity contribution in [2.24, 2.45) is 0 Å². The van der Waals surface area contributed by atoms with Gasteiger partial charge in [-0.1, -0.05) is 49.4 Å². The summed E-state index contributed by atoms with van der Waals surface area (Å²) in [6, 6.07) is 20.8. The van der Waals surface area contributed by atoms with E-state index in [0.717, 1.165) is 47.6 Å². The highest BCUT2D eigenvalue weighted by atomic mass is 16.5. The normalized spacial score (nSPS) is 16.9. The van der Waals surface area contributed by atoms with Crippen molar-refractivity contribution in [2.45, 2.75) is 39.3 Å². The van der Waals surface area contributed by atoms with Crippen LogP contribution in [-0.4, -0.2) is 18.5 Å².